The molecular weight excluding hydrogens is 218 g/mol. The molecule has 1 unspecified atom stereocenters. The van der Waals surface area contributed by atoms with Gasteiger partial charge < -0.3 is 15.2 Å². The summed E-state index contributed by atoms with van der Waals surface area (Å²) in [5.41, 5.74) is 0.327. The topological polar surface area (TPSA) is 58.6 Å². The lowest BCUT2D eigenvalue weighted by molar-refractivity contribution is -0.151. The predicted octanol–water partition coefficient (Wildman–Crippen LogP) is 1.27. The molecule has 0 saturated carbocycles. The Morgan fingerprint density at radius 1 is 1.41 bits per heavy atom. The van der Waals surface area contributed by atoms with E-state index in [1.54, 1.807) is 0 Å². The zero-order valence-electron chi connectivity index (χ0n) is 9.69. The third kappa shape index (κ3) is 2.84. The molecule has 4 nitrogen and oxygen atoms in total. The quantitative estimate of drug-likeness (QED) is 0.807. The van der Waals surface area contributed by atoms with Crippen LogP contribution >= 0.6 is 0 Å². The molecule has 0 amide bonds. The maximum Gasteiger partial charge on any atom is 0.313 e. The van der Waals surface area contributed by atoms with Gasteiger partial charge in [-0.25, -0.2) is 0 Å². The van der Waals surface area contributed by atoms with Crippen molar-refractivity contribution >= 4 is 5.97 Å². The number of rotatable bonds is 5. The van der Waals surface area contributed by atoms with E-state index in [4.69, 9.17) is 4.74 Å². The van der Waals surface area contributed by atoms with E-state index in [9.17, 15) is 9.90 Å². The van der Waals surface area contributed by atoms with Crippen molar-refractivity contribution in [2.24, 2.45) is 5.41 Å². The average molecular weight is 235 g/mol. The monoisotopic (exact) mass is 235 g/mol. The van der Waals surface area contributed by atoms with Crippen LogP contribution in [0.25, 0.3) is 0 Å². The summed E-state index contributed by atoms with van der Waals surface area (Å²) in [6.45, 7) is 1.98. The largest absolute Gasteiger partial charge is 0.481 e. The molecule has 1 aliphatic rings. The summed E-state index contributed by atoms with van der Waals surface area (Å²) in [5.74, 6) is -0.768. The summed E-state index contributed by atoms with van der Waals surface area (Å²) in [4.78, 5) is 11.2. The molecule has 1 aliphatic heterocycles. The molecule has 1 atom stereocenters. The molecule has 1 aromatic rings. The highest BCUT2D eigenvalue weighted by Gasteiger charge is 2.41. The van der Waals surface area contributed by atoms with Crippen LogP contribution in [0.3, 0.4) is 0 Å². The molecule has 4 heteroatoms. The lowest BCUT2D eigenvalue weighted by Gasteiger charge is -2.22. The molecule has 0 spiro atoms. The molecule has 1 aromatic carbocycles. The smallest absolute Gasteiger partial charge is 0.313 e. The van der Waals surface area contributed by atoms with Crippen LogP contribution in [0.5, 0.6) is 0 Å². The summed E-state index contributed by atoms with van der Waals surface area (Å²) in [7, 11) is 0. The predicted molar refractivity (Wildman–Crippen MR) is 63.7 cm³/mol. The van der Waals surface area contributed by atoms with Gasteiger partial charge in [-0.1, -0.05) is 30.3 Å². The molecule has 92 valence electrons. The first-order valence-electron chi connectivity index (χ1n) is 5.79. The minimum atomic E-state index is -0.768. The van der Waals surface area contributed by atoms with Crippen molar-refractivity contribution in [1.82, 2.24) is 5.32 Å². The van der Waals surface area contributed by atoms with E-state index >= 15 is 0 Å². The van der Waals surface area contributed by atoms with Gasteiger partial charge in [-0.15, -0.1) is 0 Å². The van der Waals surface area contributed by atoms with Gasteiger partial charge in [0.2, 0.25) is 0 Å². The second-order valence-electron chi connectivity index (χ2n) is 4.49. The molecule has 1 heterocycles. The van der Waals surface area contributed by atoms with Gasteiger partial charge in [-0.05, 0) is 18.5 Å². The zero-order chi connectivity index (χ0) is 12.1. The summed E-state index contributed by atoms with van der Waals surface area (Å²) < 4.78 is 5.55. The fraction of sp³-hybridized carbons (Fsp3) is 0.462. The Balaban J connectivity index is 1.87. The highest BCUT2D eigenvalue weighted by Crippen LogP contribution is 2.26. The Bertz CT molecular complexity index is 372. The molecule has 1 saturated heterocycles. The van der Waals surface area contributed by atoms with Crippen LogP contribution in [0.1, 0.15) is 12.0 Å². The number of ether oxygens (including phenoxy) is 1. The Hall–Kier alpha value is -1.39. The fourth-order valence-corrected chi connectivity index (χ4v) is 2.05. The molecule has 0 bridgehead atoms. The average Bonchev–Trinajstić information content (AvgIpc) is 2.80. The van der Waals surface area contributed by atoms with E-state index in [1.807, 2.05) is 30.3 Å². The van der Waals surface area contributed by atoms with Gasteiger partial charge in [0.05, 0.1) is 13.2 Å². The second-order valence-corrected chi connectivity index (χ2v) is 4.49. The fourth-order valence-electron chi connectivity index (χ4n) is 2.05. The Kier molecular flexibility index (Phi) is 3.76. The number of carboxylic acids is 1. The molecule has 2 N–H and O–H groups in total. The van der Waals surface area contributed by atoms with Crippen LogP contribution in [0, 0.1) is 5.41 Å². The first-order valence-corrected chi connectivity index (χ1v) is 5.79. The van der Waals surface area contributed by atoms with Crippen LogP contribution in [0.4, 0.5) is 0 Å². The molecule has 0 aliphatic carbocycles. The van der Waals surface area contributed by atoms with Crippen molar-refractivity contribution in [3.05, 3.63) is 35.9 Å². The molecule has 1 fully saturated rings. The SMILES string of the molecule is O=C(O)C1(COCc2ccccc2)CCNC1. The third-order valence-corrected chi connectivity index (χ3v) is 3.19. The Labute approximate surface area is 101 Å². The van der Waals surface area contributed by atoms with Gasteiger partial charge in [0.15, 0.2) is 0 Å². The van der Waals surface area contributed by atoms with Gasteiger partial charge in [0.1, 0.15) is 5.41 Å². The molecular formula is C13H17NO3. The number of aliphatic carboxylic acids is 1. The van der Waals surface area contributed by atoms with Gasteiger partial charge >= 0.3 is 5.97 Å². The Morgan fingerprint density at radius 3 is 2.76 bits per heavy atom. The first-order chi connectivity index (χ1) is 8.23. The van der Waals surface area contributed by atoms with Crippen molar-refractivity contribution in [1.29, 1.82) is 0 Å². The number of hydrogen-bond donors (Lipinski definition) is 2. The normalized spacial score (nSPS) is 23.8. The van der Waals surface area contributed by atoms with Gasteiger partial charge in [-0.2, -0.15) is 0 Å². The lowest BCUT2D eigenvalue weighted by atomic mass is 9.88. The molecule has 17 heavy (non-hydrogen) atoms. The summed E-state index contributed by atoms with van der Waals surface area (Å²) in [5, 5.41) is 12.3. The van der Waals surface area contributed by atoms with Crippen molar-refractivity contribution < 1.29 is 14.6 Å². The van der Waals surface area contributed by atoms with Crippen molar-refractivity contribution in [3.63, 3.8) is 0 Å². The van der Waals surface area contributed by atoms with E-state index in [2.05, 4.69) is 5.32 Å². The minimum absolute atomic E-state index is 0.268. The van der Waals surface area contributed by atoms with Gasteiger partial charge in [0, 0.05) is 6.54 Å². The van der Waals surface area contributed by atoms with Crippen molar-refractivity contribution in [2.75, 3.05) is 19.7 Å². The van der Waals surface area contributed by atoms with E-state index in [-0.39, 0.29) is 6.61 Å². The molecule has 0 radical (unpaired) electrons. The minimum Gasteiger partial charge on any atom is -0.481 e. The number of nitrogens with one attached hydrogen (secondary N) is 1. The van der Waals surface area contributed by atoms with E-state index in [0.29, 0.717) is 19.6 Å². The Morgan fingerprint density at radius 2 is 2.18 bits per heavy atom. The van der Waals surface area contributed by atoms with Crippen LogP contribution < -0.4 is 5.32 Å². The maximum absolute atomic E-state index is 11.2. The van der Waals surface area contributed by atoms with Gasteiger partial charge in [0.25, 0.3) is 0 Å². The molecule has 2 rings (SSSR count). The number of hydrogen-bond acceptors (Lipinski definition) is 3. The van der Waals surface area contributed by atoms with Crippen LogP contribution in [-0.2, 0) is 16.1 Å². The maximum atomic E-state index is 11.2. The number of carbonyl (C=O) groups is 1. The number of benzene rings is 1. The highest BCUT2D eigenvalue weighted by molar-refractivity contribution is 5.75. The van der Waals surface area contributed by atoms with Crippen LogP contribution in [0.2, 0.25) is 0 Å². The van der Waals surface area contributed by atoms with Crippen molar-refractivity contribution in [2.45, 2.75) is 13.0 Å². The first kappa shape index (κ1) is 12.1. The highest BCUT2D eigenvalue weighted by atomic mass is 16.5. The zero-order valence-corrected chi connectivity index (χ0v) is 9.69. The lowest BCUT2D eigenvalue weighted by Crippen LogP contribution is -2.37. The van der Waals surface area contributed by atoms with Crippen LogP contribution in [-0.4, -0.2) is 30.8 Å². The van der Waals surface area contributed by atoms with E-state index in [0.717, 1.165) is 12.1 Å². The summed E-state index contributed by atoms with van der Waals surface area (Å²) in [6, 6.07) is 9.79. The summed E-state index contributed by atoms with van der Waals surface area (Å²) >= 11 is 0. The van der Waals surface area contributed by atoms with Crippen molar-refractivity contribution in [3.8, 4) is 0 Å². The third-order valence-electron chi connectivity index (χ3n) is 3.19. The van der Waals surface area contributed by atoms with Gasteiger partial charge in [-0.3, -0.25) is 4.79 Å². The second kappa shape index (κ2) is 5.29. The van der Waals surface area contributed by atoms with E-state index < -0.39 is 11.4 Å². The summed E-state index contributed by atoms with van der Waals surface area (Å²) in [6.07, 6.45) is 0.636. The van der Waals surface area contributed by atoms with E-state index in [1.165, 1.54) is 0 Å². The number of carboxylic acid groups (broad SMARTS) is 1. The standard InChI is InChI=1S/C13H17NO3/c15-12(16)13(6-7-14-9-13)10-17-8-11-4-2-1-3-5-11/h1-5,14H,6-10H2,(H,15,16). The molecule has 0 aromatic heterocycles. The van der Waals surface area contributed by atoms with Crippen LogP contribution in [0.15, 0.2) is 30.3 Å².